The van der Waals surface area contributed by atoms with Gasteiger partial charge in [0.1, 0.15) is 11.6 Å². The van der Waals surface area contributed by atoms with Crippen LogP contribution in [0.4, 0.5) is 15.9 Å². The average molecular weight is 417 g/mol. The number of aromatic nitrogens is 1. The molecule has 3 N–H and O–H groups in total. The van der Waals surface area contributed by atoms with Crippen LogP contribution in [-0.4, -0.2) is 30.0 Å². The van der Waals surface area contributed by atoms with Crippen molar-refractivity contribution in [3.8, 4) is 22.3 Å². The Bertz CT molecular complexity index is 1180. The van der Waals surface area contributed by atoms with E-state index in [-0.39, 0.29) is 11.7 Å². The fourth-order valence-corrected chi connectivity index (χ4v) is 4.68. The maximum Gasteiger partial charge on any atom is 0.251 e. The lowest BCUT2D eigenvalue weighted by Crippen LogP contribution is -2.31. The van der Waals surface area contributed by atoms with Crippen LogP contribution in [0.15, 0.2) is 48.7 Å². The minimum Gasteiger partial charge on any atom is -0.383 e. The Morgan fingerprint density at radius 1 is 1.10 bits per heavy atom. The highest BCUT2D eigenvalue weighted by Crippen LogP contribution is 2.34. The minimum absolute atomic E-state index is 0.0536. The number of rotatable bonds is 3. The highest BCUT2D eigenvalue weighted by molar-refractivity contribution is 5.97. The predicted molar refractivity (Wildman–Crippen MR) is 122 cm³/mol. The summed E-state index contributed by atoms with van der Waals surface area (Å²) in [5.41, 5.74) is 11.6. The summed E-state index contributed by atoms with van der Waals surface area (Å²) in [5.74, 6) is 0.0604. The largest absolute Gasteiger partial charge is 0.383 e. The van der Waals surface area contributed by atoms with Gasteiger partial charge in [-0.1, -0.05) is 12.1 Å². The number of nitrogen functional groups attached to an aromatic ring is 1. The SMILES string of the molecule is C[C@@H]1CCCN1c1ccc(-c2cnc(N)c(-c3ccc4c(c3)CCNC4=O)c2)c(F)c1. The molecular formula is C25H25FN4O. The van der Waals surface area contributed by atoms with Crippen LogP contribution in [0.25, 0.3) is 22.3 Å². The quantitative estimate of drug-likeness (QED) is 0.663. The average Bonchev–Trinajstić information content (AvgIpc) is 3.20. The minimum atomic E-state index is -0.267. The highest BCUT2D eigenvalue weighted by Gasteiger charge is 2.22. The van der Waals surface area contributed by atoms with Gasteiger partial charge in [-0.25, -0.2) is 9.37 Å². The molecule has 0 radical (unpaired) electrons. The molecule has 1 amide bonds. The number of fused-ring (bicyclic) bond motifs is 1. The first kappa shape index (κ1) is 19.5. The molecule has 0 spiro atoms. The maximum absolute atomic E-state index is 15.1. The van der Waals surface area contributed by atoms with Gasteiger partial charge in [-0.3, -0.25) is 4.79 Å². The molecule has 2 aliphatic rings. The van der Waals surface area contributed by atoms with Gasteiger partial charge in [-0.2, -0.15) is 0 Å². The number of amides is 1. The van der Waals surface area contributed by atoms with Gasteiger partial charge in [-0.05, 0) is 67.6 Å². The molecule has 5 nitrogen and oxygen atoms in total. The van der Waals surface area contributed by atoms with Crippen LogP contribution in [0.5, 0.6) is 0 Å². The van der Waals surface area contributed by atoms with Gasteiger partial charge in [0.05, 0.1) is 0 Å². The third kappa shape index (κ3) is 3.52. The topological polar surface area (TPSA) is 71.2 Å². The molecule has 0 saturated carbocycles. The van der Waals surface area contributed by atoms with Gasteiger partial charge >= 0.3 is 0 Å². The number of nitrogens with zero attached hydrogens (tertiary/aromatic N) is 2. The number of nitrogens with one attached hydrogen (secondary N) is 1. The maximum atomic E-state index is 15.1. The van der Waals surface area contributed by atoms with E-state index in [1.165, 1.54) is 0 Å². The number of hydrogen-bond donors (Lipinski definition) is 2. The van der Waals surface area contributed by atoms with Crippen molar-refractivity contribution in [2.45, 2.75) is 32.2 Å². The Morgan fingerprint density at radius 3 is 2.71 bits per heavy atom. The molecule has 1 fully saturated rings. The summed E-state index contributed by atoms with van der Waals surface area (Å²) in [6.45, 7) is 3.76. The fourth-order valence-electron chi connectivity index (χ4n) is 4.68. The lowest BCUT2D eigenvalue weighted by molar-refractivity contribution is 0.0946. The Labute approximate surface area is 181 Å². The van der Waals surface area contributed by atoms with Crippen molar-refractivity contribution in [3.63, 3.8) is 0 Å². The lowest BCUT2D eigenvalue weighted by atomic mass is 9.94. The van der Waals surface area contributed by atoms with Gasteiger partial charge in [-0.15, -0.1) is 0 Å². The molecule has 2 aromatic carbocycles. The molecule has 2 aliphatic heterocycles. The van der Waals surface area contributed by atoms with Gasteiger partial charge in [0, 0.05) is 53.3 Å². The third-order valence-electron chi connectivity index (χ3n) is 6.41. The van der Waals surface area contributed by atoms with E-state index in [0.717, 1.165) is 48.2 Å². The van der Waals surface area contributed by atoms with Gasteiger partial charge in [0.15, 0.2) is 0 Å². The summed E-state index contributed by atoms with van der Waals surface area (Å²) in [5, 5.41) is 2.85. The van der Waals surface area contributed by atoms with Crippen molar-refractivity contribution >= 4 is 17.4 Å². The third-order valence-corrected chi connectivity index (χ3v) is 6.41. The lowest BCUT2D eigenvalue weighted by Gasteiger charge is -2.24. The van der Waals surface area contributed by atoms with Crippen molar-refractivity contribution in [1.29, 1.82) is 0 Å². The van der Waals surface area contributed by atoms with Crippen LogP contribution in [0.1, 0.15) is 35.7 Å². The van der Waals surface area contributed by atoms with E-state index in [4.69, 9.17) is 5.73 Å². The molecule has 158 valence electrons. The van der Waals surface area contributed by atoms with E-state index >= 15 is 4.39 Å². The van der Waals surface area contributed by atoms with Crippen molar-refractivity contribution in [3.05, 3.63) is 65.6 Å². The molecule has 0 bridgehead atoms. The van der Waals surface area contributed by atoms with Gasteiger partial charge in [0.25, 0.3) is 5.91 Å². The van der Waals surface area contributed by atoms with Crippen molar-refractivity contribution in [2.24, 2.45) is 0 Å². The first-order valence-corrected chi connectivity index (χ1v) is 10.7. The highest BCUT2D eigenvalue weighted by atomic mass is 19.1. The molecule has 0 aliphatic carbocycles. The number of carbonyl (C=O) groups is 1. The number of pyridine rings is 1. The number of nitrogens with two attached hydrogens (primary N) is 1. The van der Waals surface area contributed by atoms with Crippen LogP contribution < -0.4 is 16.0 Å². The molecule has 31 heavy (non-hydrogen) atoms. The zero-order valence-electron chi connectivity index (χ0n) is 17.5. The Morgan fingerprint density at radius 2 is 1.94 bits per heavy atom. The Kier molecular flexibility index (Phi) is 4.85. The molecule has 5 rings (SSSR count). The molecule has 1 atom stereocenters. The molecule has 1 saturated heterocycles. The van der Waals surface area contributed by atoms with E-state index in [9.17, 15) is 4.79 Å². The van der Waals surface area contributed by atoms with E-state index in [2.05, 4.69) is 22.1 Å². The van der Waals surface area contributed by atoms with Crippen LogP contribution in [-0.2, 0) is 6.42 Å². The number of hydrogen-bond acceptors (Lipinski definition) is 4. The summed E-state index contributed by atoms with van der Waals surface area (Å²) in [6.07, 6.45) is 4.66. The normalized spacial score (nSPS) is 18.1. The first-order valence-electron chi connectivity index (χ1n) is 10.7. The van der Waals surface area contributed by atoms with Crippen LogP contribution in [0.2, 0.25) is 0 Å². The fraction of sp³-hybridized carbons (Fsp3) is 0.280. The molecular weight excluding hydrogens is 391 g/mol. The van der Waals surface area contributed by atoms with Crippen molar-refractivity contribution in [2.75, 3.05) is 23.7 Å². The standard InChI is InChI=1S/C25H25FN4O/c1-15-3-2-10-30(15)19-5-7-20(23(26)13-19)18-12-22(24(27)29-14-18)16-4-6-21-17(11-16)8-9-28-25(21)31/h4-7,11-15H,2-3,8-10H2,1H3,(H2,27,29)(H,28,31)/t15-/m1/s1. The molecule has 0 unspecified atom stereocenters. The summed E-state index contributed by atoms with van der Waals surface area (Å²) >= 11 is 0. The van der Waals surface area contributed by atoms with E-state index in [0.29, 0.717) is 35.1 Å². The van der Waals surface area contributed by atoms with E-state index < -0.39 is 0 Å². The van der Waals surface area contributed by atoms with Crippen molar-refractivity contribution < 1.29 is 9.18 Å². The summed E-state index contributed by atoms with van der Waals surface area (Å²) in [7, 11) is 0. The number of halogens is 1. The van der Waals surface area contributed by atoms with Crippen LogP contribution in [0.3, 0.4) is 0 Å². The summed E-state index contributed by atoms with van der Waals surface area (Å²) in [6, 6.07) is 13.4. The van der Waals surface area contributed by atoms with Gasteiger partial charge in [0.2, 0.25) is 0 Å². The summed E-state index contributed by atoms with van der Waals surface area (Å²) < 4.78 is 15.1. The molecule has 3 heterocycles. The van der Waals surface area contributed by atoms with E-state index in [1.807, 2.05) is 36.4 Å². The van der Waals surface area contributed by atoms with Gasteiger partial charge < -0.3 is 16.0 Å². The Hall–Kier alpha value is -3.41. The van der Waals surface area contributed by atoms with Crippen LogP contribution >= 0.6 is 0 Å². The zero-order valence-corrected chi connectivity index (χ0v) is 17.5. The number of carbonyl (C=O) groups excluding carboxylic acids is 1. The zero-order chi connectivity index (χ0) is 21.5. The van der Waals surface area contributed by atoms with E-state index in [1.54, 1.807) is 12.3 Å². The van der Waals surface area contributed by atoms with Crippen molar-refractivity contribution in [1.82, 2.24) is 10.3 Å². The number of benzene rings is 2. The Balaban J connectivity index is 1.51. The second-order valence-electron chi connectivity index (χ2n) is 8.38. The first-order chi connectivity index (χ1) is 15.0. The summed E-state index contributed by atoms with van der Waals surface area (Å²) in [4.78, 5) is 18.6. The predicted octanol–water partition coefficient (Wildman–Crippen LogP) is 4.41. The second kappa shape index (κ2) is 7.69. The monoisotopic (exact) mass is 416 g/mol. The molecule has 1 aromatic heterocycles. The smallest absolute Gasteiger partial charge is 0.251 e. The van der Waals surface area contributed by atoms with Crippen LogP contribution in [0, 0.1) is 5.82 Å². The molecule has 6 heteroatoms. The second-order valence-corrected chi connectivity index (χ2v) is 8.38. The number of anilines is 2. The molecule has 3 aromatic rings.